The highest BCUT2D eigenvalue weighted by atomic mass is 32.2. The molecule has 0 aliphatic carbocycles. The van der Waals surface area contributed by atoms with E-state index in [0.29, 0.717) is 0 Å². The molecule has 0 bridgehead atoms. The molecule has 0 rings (SSSR count). The maximum absolute atomic E-state index is 3.98. The predicted octanol–water partition coefficient (Wildman–Crippen LogP) is 3.13. The van der Waals surface area contributed by atoms with Gasteiger partial charge in [-0.3, -0.25) is 4.99 Å². The van der Waals surface area contributed by atoms with Crippen LogP contribution in [-0.2, 0) is 0 Å². The Kier molecular flexibility index (Phi) is 7.68. The molecule has 1 N–H and O–H groups in total. The van der Waals surface area contributed by atoms with Crippen LogP contribution in [0.3, 0.4) is 0 Å². The topological polar surface area (TPSA) is 24.4 Å². The van der Waals surface area contributed by atoms with E-state index < -0.39 is 0 Å². The second-order valence-corrected chi connectivity index (χ2v) is 4.24. The fourth-order valence-electron chi connectivity index (χ4n) is 0.829. The third-order valence-corrected chi connectivity index (χ3v) is 2.62. The van der Waals surface area contributed by atoms with E-state index in [1.165, 1.54) is 0 Å². The number of thioether (sulfide) groups is 1. The van der Waals surface area contributed by atoms with Crippen molar-refractivity contribution in [1.29, 1.82) is 0 Å². The molecule has 0 fully saturated rings. The van der Waals surface area contributed by atoms with Crippen molar-refractivity contribution in [2.75, 3.05) is 13.6 Å². The molecule has 0 aliphatic heterocycles. The molecule has 0 aromatic heterocycles. The zero-order chi connectivity index (χ0) is 11.7. The maximum atomic E-state index is 3.98. The molecule has 0 amide bonds. The number of nitrogens with zero attached hydrogens (tertiary/aromatic N) is 1. The van der Waals surface area contributed by atoms with Crippen LogP contribution in [0.5, 0.6) is 0 Å². The molecule has 0 aromatic carbocycles. The minimum atomic E-state index is 0.793. The van der Waals surface area contributed by atoms with E-state index in [0.717, 1.165) is 21.9 Å². The van der Waals surface area contributed by atoms with E-state index in [1.807, 2.05) is 26.1 Å². The summed E-state index contributed by atoms with van der Waals surface area (Å²) in [5.41, 5.74) is 1.11. The normalized spacial score (nSPS) is 11.7. The highest BCUT2D eigenvalue weighted by Gasteiger charge is 1.99. The molecule has 0 aromatic rings. The number of nitrogens with one attached hydrogen (secondary N) is 1. The molecule has 0 saturated carbocycles. The lowest BCUT2D eigenvalue weighted by molar-refractivity contribution is 0.913. The van der Waals surface area contributed by atoms with E-state index in [2.05, 4.69) is 30.2 Å². The molecule has 0 radical (unpaired) electrons. The second kappa shape index (κ2) is 8.26. The summed E-state index contributed by atoms with van der Waals surface area (Å²) in [5, 5.41) is 3.05. The van der Waals surface area contributed by atoms with Crippen LogP contribution in [0.1, 0.15) is 6.92 Å². The molecule has 82 valence electrons. The molecule has 0 aliphatic rings. The van der Waals surface area contributed by atoms with Gasteiger partial charge in [0.2, 0.25) is 0 Å². The van der Waals surface area contributed by atoms with Crippen LogP contribution in [0.15, 0.2) is 51.9 Å². The number of hydrogen-bond acceptors (Lipinski definition) is 3. The van der Waals surface area contributed by atoms with Crippen LogP contribution in [0.25, 0.3) is 0 Å². The van der Waals surface area contributed by atoms with Crippen LogP contribution >= 0.6 is 11.8 Å². The van der Waals surface area contributed by atoms with Gasteiger partial charge >= 0.3 is 0 Å². The fourth-order valence-corrected chi connectivity index (χ4v) is 1.62. The third kappa shape index (κ3) is 6.94. The summed E-state index contributed by atoms with van der Waals surface area (Å²) in [4.78, 5) is 5.68. The van der Waals surface area contributed by atoms with E-state index in [-0.39, 0.29) is 0 Å². The van der Waals surface area contributed by atoms with Crippen LogP contribution < -0.4 is 5.32 Å². The van der Waals surface area contributed by atoms with Crippen molar-refractivity contribution in [3.8, 4) is 0 Å². The standard InChI is InChI=1S/C12H18N2S/c1-10(7-6-8-13-4)12(3)15-11(2)9-14-5/h6-8,14H,2-4,9H2,1,5H3/b8-6-,10-7+. The Balaban J connectivity index is 4.20. The maximum Gasteiger partial charge on any atom is 0.0260 e. The second-order valence-electron chi connectivity index (χ2n) is 2.97. The van der Waals surface area contributed by atoms with Gasteiger partial charge < -0.3 is 5.32 Å². The number of hydrogen-bond donors (Lipinski definition) is 1. The lowest BCUT2D eigenvalue weighted by atomic mass is 10.3. The van der Waals surface area contributed by atoms with E-state index >= 15 is 0 Å². The van der Waals surface area contributed by atoms with Crippen molar-refractivity contribution < 1.29 is 0 Å². The third-order valence-electron chi connectivity index (χ3n) is 1.62. The van der Waals surface area contributed by atoms with E-state index in [1.54, 1.807) is 18.0 Å². The number of rotatable bonds is 7. The summed E-state index contributed by atoms with van der Waals surface area (Å²) in [7, 11) is 1.90. The smallest absolute Gasteiger partial charge is 0.0260 e. The van der Waals surface area contributed by atoms with Gasteiger partial charge in [0.05, 0.1) is 0 Å². The summed E-state index contributed by atoms with van der Waals surface area (Å²) in [6.45, 7) is 14.1. The molecular weight excluding hydrogens is 204 g/mol. The van der Waals surface area contributed by atoms with Gasteiger partial charge in [-0.2, -0.15) is 0 Å². The largest absolute Gasteiger partial charge is 0.315 e. The summed E-state index contributed by atoms with van der Waals surface area (Å²) in [6.07, 6.45) is 5.44. The van der Waals surface area contributed by atoms with Crippen molar-refractivity contribution in [3.05, 3.63) is 46.9 Å². The fraction of sp³-hybridized carbons (Fsp3) is 0.250. The average Bonchev–Trinajstić information content (AvgIpc) is 2.18. The summed E-state index contributed by atoms with van der Waals surface area (Å²) in [5.74, 6) is 0. The van der Waals surface area contributed by atoms with Crippen molar-refractivity contribution in [2.45, 2.75) is 6.92 Å². The molecule has 0 atom stereocenters. The minimum absolute atomic E-state index is 0.793. The Morgan fingerprint density at radius 1 is 1.47 bits per heavy atom. The van der Waals surface area contributed by atoms with Crippen molar-refractivity contribution >= 4 is 18.5 Å². The lowest BCUT2D eigenvalue weighted by Gasteiger charge is -2.07. The Hall–Kier alpha value is -1.06. The molecule has 15 heavy (non-hydrogen) atoms. The van der Waals surface area contributed by atoms with Gasteiger partial charge in [0, 0.05) is 17.6 Å². The van der Waals surface area contributed by atoms with Crippen molar-refractivity contribution in [2.24, 2.45) is 4.99 Å². The first-order valence-corrected chi connectivity index (χ1v) is 5.42. The Bertz CT molecular complexity index is 301. The van der Waals surface area contributed by atoms with Gasteiger partial charge in [0.1, 0.15) is 0 Å². The first-order valence-electron chi connectivity index (χ1n) is 4.60. The number of aliphatic imine (C=N–C) groups is 1. The summed E-state index contributed by atoms with van der Waals surface area (Å²) in [6, 6.07) is 0. The van der Waals surface area contributed by atoms with Gasteiger partial charge in [-0.15, -0.1) is 0 Å². The molecule has 0 spiro atoms. The first kappa shape index (κ1) is 13.9. The predicted molar refractivity (Wildman–Crippen MR) is 72.2 cm³/mol. The summed E-state index contributed by atoms with van der Waals surface area (Å²) >= 11 is 1.59. The zero-order valence-electron chi connectivity index (χ0n) is 9.42. The summed E-state index contributed by atoms with van der Waals surface area (Å²) < 4.78 is 0. The molecule has 2 nitrogen and oxygen atoms in total. The highest BCUT2D eigenvalue weighted by molar-refractivity contribution is 8.06. The van der Waals surface area contributed by atoms with Gasteiger partial charge in [0.15, 0.2) is 0 Å². The number of allylic oxidation sites excluding steroid dienone is 3. The molecule has 0 unspecified atom stereocenters. The number of likely N-dealkylation sites (N-methyl/N-ethyl adjacent to an activating group) is 1. The van der Waals surface area contributed by atoms with Gasteiger partial charge in [-0.1, -0.05) is 31.0 Å². The highest BCUT2D eigenvalue weighted by Crippen LogP contribution is 2.27. The first-order chi connectivity index (χ1) is 7.11. The lowest BCUT2D eigenvalue weighted by Crippen LogP contribution is -2.07. The van der Waals surface area contributed by atoms with Crippen molar-refractivity contribution in [3.63, 3.8) is 0 Å². The molecule has 3 heteroatoms. The van der Waals surface area contributed by atoms with Gasteiger partial charge in [-0.05, 0) is 37.2 Å². The molecule has 0 heterocycles. The van der Waals surface area contributed by atoms with Gasteiger partial charge in [0.25, 0.3) is 0 Å². The zero-order valence-corrected chi connectivity index (χ0v) is 10.2. The van der Waals surface area contributed by atoms with Gasteiger partial charge in [-0.25, -0.2) is 0 Å². The van der Waals surface area contributed by atoms with E-state index in [4.69, 9.17) is 0 Å². The quantitative estimate of drug-likeness (QED) is 0.528. The Labute approximate surface area is 96.6 Å². The van der Waals surface area contributed by atoms with E-state index in [9.17, 15) is 0 Å². The van der Waals surface area contributed by atoms with Crippen LogP contribution in [0.2, 0.25) is 0 Å². The van der Waals surface area contributed by atoms with Crippen LogP contribution in [-0.4, -0.2) is 20.3 Å². The van der Waals surface area contributed by atoms with Crippen LogP contribution in [0.4, 0.5) is 0 Å². The molecule has 0 saturated heterocycles. The minimum Gasteiger partial charge on any atom is -0.315 e. The SMILES string of the molecule is C=N/C=C\C=C(/C)C(=C)SC(=C)CNC. The van der Waals surface area contributed by atoms with Crippen molar-refractivity contribution in [1.82, 2.24) is 5.32 Å². The molecular formula is C12H18N2S. The Morgan fingerprint density at radius 3 is 2.67 bits per heavy atom. The monoisotopic (exact) mass is 222 g/mol. The van der Waals surface area contributed by atoms with Crippen LogP contribution in [0, 0.1) is 0 Å². The average molecular weight is 222 g/mol. The Morgan fingerprint density at radius 2 is 2.13 bits per heavy atom.